The number of benzene rings is 1. The summed E-state index contributed by atoms with van der Waals surface area (Å²) in [6, 6.07) is 3.02. The lowest BCUT2D eigenvalue weighted by Crippen LogP contribution is -2.45. The highest BCUT2D eigenvalue weighted by Gasteiger charge is 2.35. The average molecular weight is 320 g/mol. The minimum Gasteiger partial charge on any atom is -0.496 e. The van der Waals surface area contributed by atoms with Gasteiger partial charge in [-0.15, -0.1) is 0 Å². The van der Waals surface area contributed by atoms with Gasteiger partial charge in [0.1, 0.15) is 17.5 Å². The van der Waals surface area contributed by atoms with Gasteiger partial charge in [0.15, 0.2) is 0 Å². The Morgan fingerprint density at radius 2 is 1.74 bits per heavy atom. The molecule has 1 heterocycles. The monoisotopic (exact) mass is 320 g/mol. The predicted molar refractivity (Wildman–Crippen MR) is 87.0 cm³/mol. The maximum absolute atomic E-state index is 12.9. The molecule has 0 N–H and O–H groups in total. The highest BCUT2D eigenvalue weighted by molar-refractivity contribution is 5.98. The Morgan fingerprint density at radius 1 is 1.17 bits per heavy atom. The van der Waals surface area contributed by atoms with E-state index in [1.165, 1.54) is 4.90 Å². The summed E-state index contributed by atoms with van der Waals surface area (Å²) in [5.41, 5.74) is 1.32. The summed E-state index contributed by atoms with van der Waals surface area (Å²) in [4.78, 5) is 28.3. The summed E-state index contributed by atoms with van der Waals surface area (Å²) in [5.74, 6) is 0.992. The third-order valence-electron chi connectivity index (χ3n) is 4.24. The topological polar surface area (TPSA) is 59.1 Å². The standard InChI is InChI=1S/C17H24N2O4/c1-11-14(22-4)9-12(10-15(11)23-5)16(20)19-8-6-7-13(19)17(21)18(2)3/h9-10,13H,6-8H2,1-5H3. The van der Waals surface area contributed by atoms with Crippen molar-refractivity contribution in [2.45, 2.75) is 25.8 Å². The van der Waals surface area contributed by atoms with Crippen LogP contribution in [0, 0.1) is 6.92 Å². The van der Waals surface area contributed by atoms with Crippen molar-refractivity contribution in [3.63, 3.8) is 0 Å². The first-order valence-corrected chi connectivity index (χ1v) is 7.65. The van der Waals surface area contributed by atoms with Crippen LogP contribution in [0.15, 0.2) is 12.1 Å². The predicted octanol–water partition coefficient (Wildman–Crippen LogP) is 1.71. The molecule has 0 aliphatic carbocycles. The Morgan fingerprint density at radius 3 is 2.22 bits per heavy atom. The first-order valence-electron chi connectivity index (χ1n) is 7.65. The Balaban J connectivity index is 2.34. The molecule has 1 aliphatic heterocycles. The fourth-order valence-corrected chi connectivity index (χ4v) is 2.94. The van der Waals surface area contributed by atoms with Crippen molar-refractivity contribution >= 4 is 11.8 Å². The molecule has 0 aromatic heterocycles. The number of likely N-dealkylation sites (N-methyl/N-ethyl adjacent to an activating group) is 1. The molecule has 126 valence electrons. The summed E-state index contributed by atoms with van der Waals surface area (Å²) in [6.07, 6.45) is 1.53. The second-order valence-electron chi connectivity index (χ2n) is 5.90. The largest absolute Gasteiger partial charge is 0.496 e. The first kappa shape index (κ1) is 17.1. The van der Waals surface area contributed by atoms with Crippen LogP contribution in [-0.2, 0) is 4.79 Å². The maximum Gasteiger partial charge on any atom is 0.254 e. The van der Waals surface area contributed by atoms with Crippen LogP contribution in [0.2, 0.25) is 0 Å². The van der Waals surface area contributed by atoms with Crippen molar-refractivity contribution in [2.24, 2.45) is 0 Å². The van der Waals surface area contributed by atoms with Crippen molar-refractivity contribution in [3.8, 4) is 11.5 Å². The lowest BCUT2D eigenvalue weighted by molar-refractivity contribution is -0.132. The average Bonchev–Trinajstić information content (AvgIpc) is 3.02. The molecule has 2 amide bonds. The van der Waals surface area contributed by atoms with Crippen LogP contribution in [0.1, 0.15) is 28.8 Å². The van der Waals surface area contributed by atoms with Gasteiger partial charge in [-0.25, -0.2) is 0 Å². The molecule has 6 heteroatoms. The van der Waals surface area contributed by atoms with Gasteiger partial charge in [-0.05, 0) is 31.9 Å². The Labute approximate surface area is 137 Å². The molecule has 0 saturated carbocycles. The highest BCUT2D eigenvalue weighted by atomic mass is 16.5. The molecule has 1 aromatic carbocycles. The van der Waals surface area contributed by atoms with Gasteiger partial charge in [-0.2, -0.15) is 0 Å². The van der Waals surface area contributed by atoms with E-state index in [1.54, 1.807) is 45.3 Å². The number of hydrogen-bond donors (Lipinski definition) is 0. The second kappa shape index (κ2) is 6.89. The van der Waals surface area contributed by atoms with Crippen LogP contribution >= 0.6 is 0 Å². The van der Waals surface area contributed by atoms with Crippen LogP contribution in [0.25, 0.3) is 0 Å². The number of carbonyl (C=O) groups is 2. The van der Waals surface area contributed by atoms with Gasteiger partial charge in [0.05, 0.1) is 14.2 Å². The molecule has 0 spiro atoms. The van der Waals surface area contributed by atoms with E-state index >= 15 is 0 Å². The van der Waals surface area contributed by atoms with Gasteiger partial charge in [-0.1, -0.05) is 0 Å². The summed E-state index contributed by atoms with van der Waals surface area (Å²) < 4.78 is 10.7. The molecular formula is C17H24N2O4. The van der Waals surface area contributed by atoms with Crippen LogP contribution in [0.3, 0.4) is 0 Å². The van der Waals surface area contributed by atoms with E-state index in [1.807, 2.05) is 6.92 Å². The number of likely N-dealkylation sites (tertiary alicyclic amines) is 1. The number of methoxy groups -OCH3 is 2. The van der Waals surface area contributed by atoms with Crippen molar-refractivity contribution < 1.29 is 19.1 Å². The van der Waals surface area contributed by atoms with Crippen molar-refractivity contribution in [1.29, 1.82) is 0 Å². The minimum absolute atomic E-state index is 0.0399. The molecule has 1 unspecified atom stereocenters. The van der Waals surface area contributed by atoms with E-state index in [4.69, 9.17) is 9.47 Å². The van der Waals surface area contributed by atoms with Crippen LogP contribution in [0.5, 0.6) is 11.5 Å². The van der Waals surface area contributed by atoms with Gasteiger partial charge in [0.2, 0.25) is 5.91 Å². The van der Waals surface area contributed by atoms with Gasteiger partial charge in [-0.3, -0.25) is 9.59 Å². The number of nitrogens with zero attached hydrogens (tertiary/aromatic N) is 2. The van der Waals surface area contributed by atoms with E-state index in [-0.39, 0.29) is 11.8 Å². The lowest BCUT2D eigenvalue weighted by Gasteiger charge is -2.26. The number of amides is 2. The second-order valence-corrected chi connectivity index (χ2v) is 5.90. The zero-order chi connectivity index (χ0) is 17.1. The molecule has 1 atom stereocenters. The number of carbonyl (C=O) groups excluding carboxylic acids is 2. The van der Waals surface area contributed by atoms with Crippen molar-refractivity contribution in [1.82, 2.24) is 9.80 Å². The first-order chi connectivity index (χ1) is 10.9. The number of ether oxygens (including phenoxy) is 2. The smallest absolute Gasteiger partial charge is 0.254 e. The molecule has 6 nitrogen and oxygen atoms in total. The van der Waals surface area contributed by atoms with Crippen LogP contribution in [-0.4, -0.2) is 62.5 Å². The van der Waals surface area contributed by atoms with E-state index in [2.05, 4.69) is 0 Å². The highest BCUT2D eigenvalue weighted by Crippen LogP contribution is 2.31. The molecule has 1 saturated heterocycles. The van der Waals surface area contributed by atoms with E-state index in [0.29, 0.717) is 30.0 Å². The van der Waals surface area contributed by atoms with Gasteiger partial charge >= 0.3 is 0 Å². The SMILES string of the molecule is COc1cc(C(=O)N2CCCC2C(=O)N(C)C)cc(OC)c1C. The summed E-state index contributed by atoms with van der Waals surface area (Å²) in [7, 11) is 6.54. The molecule has 0 bridgehead atoms. The Bertz CT molecular complexity index is 588. The number of rotatable bonds is 4. The van der Waals surface area contributed by atoms with Crippen LogP contribution in [0.4, 0.5) is 0 Å². The third-order valence-corrected chi connectivity index (χ3v) is 4.24. The molecule has 1 aliphatic rings. The summed E-state index contributed by atoms with van der Waals surface area (Å²) >= 11 is 0. The van der Waals surface area contributed by atoms with E-state index < -0.39 is 6.04 Å². The van der Waals surface area contributed by atoms with E-state index in [0.717, 1.165) is 12.0 Å². The normalized spacial score (nSPS) is 17.1. The fourth-order valence-electron chi connectivity index (χ4n) is 2.94. The molecule has 1 fully saturated rings. The molecule has 0 radical (unpaired) electrons. The fraction of sp³-hybridized carbons (Fsp3) is 0.529. The third kappa shape index (κ3) is 3.25. The zero-order valence-electron chi connectivity index (χ0n) is 14.4. The quantitative estimate of drug-likeness (QED) is 0.847. The number of hydrogen-bond acceptors (Lipinski definition) is 4. The molecule has 23 heavy (non-hydrogen) atoms. The molecular weight excluding hydrogens is 296 g/mol. The summed E-state index contributed by atoms with van der Waals surface area (Å²) in [5, 5.41) is 0. The molecule has 2 rings (SSSR count). The van der Waals surface area contributed by atoms with Crippen molar-refractivity contribution in [2.75, 3.05) is 34.9 Å². The van der Waals surface area contributed by atoms with Crippen LogP contribution < -0.4 is 9.47 Å². The zero-order valence-corrected chi connectivity index (χ0v) is 14.4. The maximum atomic E-state index is 12.9. The lowest BCUT2D eigenvalue weighted by atomic mass is 10.1. The van der Waals surface area contributed by atoms with E-state index in [9.17, 15) is 9.59 Å². The minimum atomic E-state index is -0.393. The Hall–Kier alpha value is -2.24. The van der Waals surface area contributed by atoms with Crippen molar-refractivity contribution in [3.05, 3.63) is 23.3 Å². The molecule has 1 aromatic rings. The Kier molecular flexibility index (Phi) is 5.13. The van der Waals surface area contributed by atoms with Gasteiger partial charge in [0.25, 0.3) is 5.91 Å². The van der Waals surface area contributed by atoms with Gasteiger partial charge in [0, 0.05) is 31.8 Å². The van der Waals surface area contributed by atoms with Gasteiger partial charge < -0.3 is 19.3 Å². The summed E-state index contributed by atoms with van der Waals surface area (Å²) in [6.45, 7) is 2.46.